The molecule has 62 valence electrons. The standard InChI is InChI=1S/C9H10N2O/c10-6-2-4-7-3-1-5-8(11)9(7)12/h1,3,5,12H,2,4,11H2. The van der Waals surface area contributed by atoms with Crippen LogP contribution in [0.25, 0.3) is 0 Å². The third kappa shape index (κ3) is 1.67. The van der Waals surface area contributed by atoms with Crippen molar-refractivity contribution in [1.82, 2.24) is 0 Å². The fourth-order valence-electron chi connectivity index (χ4n) is 1.00. The molecule has 0 heterocycles. The van der Waals surface area contributed by atoms with Crippen LogP contribution in [0, 0.1) is 11.3 Å². The highest BCUT2D eigenvalue weighted by Gasteiger charge is 2.02. The zero-order valence-corrected chi connectivity index (χ0v) is 6.62. The van der Waals surface area contributed by atoms with Crippen LogP contribution in [-0.2, 0) is 6.42 Å². The molecule has 0 radical (unpaired) electrons. The first-order valence-electron chi connectivity index (χ1n) is 3.69. The zero-order chi connectivity index (χ0) is 8.97. The van der Waals surface area contributed by atoms with Crippen molar-refractivity contribution in [2.24, 2.45) is 0 Å². The molecule has 0 aliphatic rings. The number of phenols is 1. The second-order valence-electron chi connectivity index (χ2n) is 2.51. The number of nitrogens with zero attached hydrogens (tertiary/aromatic N) is 1. The monoisotopic (exact) mass is 162 g/mol. The molecular weight excluding hydrogens is 152 g/mol. The molecule has 0 saturated carbocycles. The minimum absolute atomic E-state index is 0.104. The number of para-hydroxylation sites is 1. The molecule has 0 atom stereocenters. The quantitative estimate of drug-likeness (QED) is 0.510. The molecule has 0 aliphatic heterocycles. The fraction of sp³-hybridized carbons (Fsp3) is 0.222. The molecule has 0 unspecified atom stereocenters. The number of aromatic hydroxyl groups is 1. The maximum Gasteiger partial charge on any atom is 0.141 e. The first-order chi connectivity index (χ1) is 5.75. The number of benzene rings is 1. The van der Waals surface area contributed by atoms with Crippen molar-refractivity contribution in [3.8, 4) is 11.8 Å². The molecular formula is C9H10N2O. The van der Waals surface area contributed by atoms with Gasteiger partial charge >= 0.3 is 0 Å². The number of nitrogens with two attached hydrogens (primary N) is 1. The van der Waals surface area contributed by atoms with Crippen molar-refractivity contribution in [3.05, 3.63) is 23.8 Å². The van der Waals surface area contributed by atoms with Gasteiger partial charge in [-0.15, -0.1) is 0 Å². The lowest BCUT2D eigenvalue weighted by molar-refractivity contribution is 0.471. The zero-order valence-electron chi connectivity index (χ0n) is 6.62. The van der Waals surface area contributed by atoms with Crippen molar-refractivity contribution >= 4 is 5.69 Å². The van der Waals surface area contributed by atoms with E-state index in [1.54, 1.807) is 18.2 Å². The molecule has 1 rings (SSSR count). The highest BCUT2D eigenvalue weighted by Crippen LogP contribution is 2.24. The summed E-state index contributed by atoms with van der Waals surface area (Å²) in [6.07, 6.45) is 0.949. The van der Waals surface area contributed by atoms with Gasteiger partial charge in [-0.2, -0.15) is 5.26 Å². The first-order valence-corrected chi connectivity index (χ1v) is 3.69. The summed E-state index contributed by atoms with van der Waals surface area (Å²) < 4.78 is 0. The summed E-state index contributed by atoms with van der Waals surface area (Å²) >= 11 is 0. The molecule has 1 aromatic carbocycles. The van der Waals surface area contributed by atoms with E-state index < -0.39 is 0 Å². The Labute approximate surface area is 71.1 Å². The molecule has 0 bridgehead atoms. The second-order valence-corrected chi connectivity index (χ2v) is 2.51. The Morgan fingerprint density at radius 3 is 2.92 bits per heavy atom. The number of nitriles is 1. The van der Waals surface area contributed by atoms with Gasteiger partial charge in [-0.05, 0) is 18.1 Å². The Morgan fingerprint density at radius 1 is 1.50 bits per heavy atom. The predicted octanol–water partition coefficient (Wildman–Crippen LogP) is 1.43. The molecule has 3 N–H and O–H groups in total. The summed E-state index contributed by atoms with van der Waals surface area (Å²) in [5.41, 5.74) is 6.56. The van der Waals surface area contributed by atoms with Gasteiger partial charge in [-0.25, -0.2) is 0 Å². The summed E-state index contributed by atoms with van der Waals surface area (Å²) in [5, 5.41) is 17.7. The van der Waals surface area contributed by atoms with E-state index in [0.717, 1.165) is 5.56 Å². The minimum Gasteiger partial charge on any atom is -0.506 e. The summed E-state index contributed by atoms with van der Waals surface area (Å²) in [6, 6.07) is 7.17. The molecule has 0 spiro atoms. The highest BCUT2D eigenvalue weighted by atomic mass is 16.3. The fourth-order valence-corrected chi connectivity index (χ4v) is 1.00. The van der Waals surface area contributed by atoms with E-state index in [1.807, 2.05) is 6.07 Å². The number of hydrogen-bond acceptors (Lipinski definition) is 3. The van der Waals surface area contributed by atoms with Gasteiger partial charge in [0.15, 0.2) is 0 Å². The number of anilines is 1. The lowest BCUT2D eigenvalue weighted by atomic mass is 10.1. The lowest BCUT2D eigenvalue weighted by Gasteiger charge is -2.03. The van der Waals surface area contributed by atoms with Crippen molar-refractivity contribution < 1.29 is 5.11 Å². The van der Waals surface area contributed by atoms with E-state index in [9.17, 15) is 5.11 Å². The molecule has 12 heavy (non-hydrogen) atoms. The van der Waals surface area contributed by atoms with E-state index in [2.05, 4.69) is 0 Å². The maximum absolute atomic E-state index is 9.39. The molecule has 0 aliphatic carbocycles. The number of nitrogen functional groups attached to an aromatic ring is 1. The van der Waals surface area contributed by atoms with Gasteiger partial charge in [-0.1, -0.05) is 12.1 Å². The van der Waals surface area contributed by atoms with Gasteiger partial charge < -0.3 is 10.8 Å². The normalized spacial score (nSPS) is 9.25. The Morgan fingerprint density at radius 2 is 2.25 bits per heavy atom. The molecule has 3 heteroatoms. The van der Waals surface area contributed by atoms with Gasteiger partial charge in [-0.3, -0.25) is 0 Å². The summed E-state index contributed by atoms with van der Waals surface area (Å²) in [5.74, 6) is 0.104. The van der Waals surface area contributed by atoms with Gasteiger partial charge in [0.05, 0.1) is 11.8 Å². The molecule has 0 saturated heterocycles. The van der Waals surface area contributed by atoms with Crippen LogP contribution in [0.1, 0.15) is 12.0 Å². The second kappa shape index (κ2) is 3.63. The molecule has 3 nitrogen and oxygen atoms in total. The van der Waals surface area contributed by atoms with Gasteiger partial charge in [0.1, 0.15) is 5.75 Å². The smallest absolute Gasteiger partial charge is 0.141 e. The van der Waals surface area contributed by atoms with E-state index >= 15 is 0 Å². The molecule has 0 aromatic heterocycles. The van der Waals surface area contributed by atoms with Crippen LogP contribution in [0.3, 0.4) is 0 Å². The Balaban J connectivity index is 2.86. The van der Waals surface area contributed by atoms with Gasteiger partial charge in [0, 0.05) is 6.42 Å². The van der Waals surface area contributed by atoms with Gasteiger partial charge in [0.2, 0.25) is 0 Å². The SMILES string of the molecule is N#CCCc1cccc(N)c1O. The number of phenolic OH excluding ortho intramolecular Hbond substituents is 1. The van der Waals surface area contributed by atoms with Gasteiger partial charge in [0.25, 0.3) is 0 Å². The average molecular weight is 162 g/mol. The van der Waals surface area contributed by atoms with Crippen LogP contribution in [0.2, 0.25) is 0 Å². The minimum atomic E-state index is 0.104. The number of aryl methyl sites for hydroxylation is 1. The van der Waals surface area contributed by atoms with Crippen LogP contribution in [0.15, 0.2) is 18.2 Å². The van der Waals surface area contributed by atoms with Crippen molar-refractivity contribution in [1.29, 1.82) is 5.26 Å². The van der Waals surface area contributed by atoms with Crippen LogP contribution in [0.5, 0.6) is 5.75 Å². The topological polar surface area (TPSA) is 70.0 Å². The van der Waals surface area contributed by atoms with E-state index in [-0.39, 0.29) is 5.75 Å². The van der Waals surface area contributed by atoms with Crippen LogP contribution >= 0.6 is 0 Å². The first kappa shape index (κ1) is 8.41. The summed E-state index contributed by atoms with van der Waals surface area (Å²) in [7, 11) is 0. The Kier molecular flexibility index (Phi) is 2.54. The Hall–Kier alpha value is -1.69. The third-order valence-electron chi connectivity index (χ3n) is 1.66. The van der Waals surface area contributed by atoms with E-state index in [4.69, 9.17) is 11.0 Å². The summed E-state index contributed by atoms with van der Waals surface area (Å²) in [4.78, 5) is 0. The lowest BCUT2D eigenvalue weighted by Crippen LogP contribution is -1.90. The number of hydrogen-bond donors (Lipinski definition) is 2. The molecule has 1 aromatic rings. The van der Waals surface area contributed by atoms with Crippen molar-refractivity contribution in [2.75, 3.05) is 5.73 Å². The van der Waals surface area contributed by atoms with Crippen LogP contribution < -0.4 is 5.73 Å². The Bertz CT molecular complexity index is 315. The largest absolute Gasteiger partial charge is 0.506 e. The third-order valence-corrected chi connectivity index (χ3v) is 1.66. The van der Waals surface area contributed by atoms with Crippen molar-refractivity contribution in [2.45, 2.75) is 12.8 Å². The van der Waals surface area contributed by atoms with E-state index in [1.165, 1.54) is 0 Å². The van der Waals surface area contributed by atoms with Crippen molar-refractivity contribution in [3.63, 3.8) is 0 Å². The highest BCUT2D eigenvalue weighted by molar-refractivity contribution is 5.55. The molecule has 0 amide bonds. The number of rotatable bonds is 2. The summed E-state index contributed by atoms with van der Waals surface area (Å²) in [6.45, 7) is 0. The predicted molar refractivity (Wildman–Crippen MR) is 46.5 cm³/mol. The van der Waals surface area contributed by atoms with E-state index in [0.29, 0.717) is 18.5 Å². The average Bonchev–Trinajstić information content (AvgIpc) is 2.08. The van der Waals surface area contributed by atoms with Crippen LogP contribution in [-0.4, -0.2) is 5.11 Å². The maximum atomic E-state index is 9.39. The molecule has 0 fully saturated rings. The van der Waals surface area contributed by atoms with Crippen LogP contribution in [0.4, 0.5) is 5.69 Å².